The number of carbonyl (C=O) groups is 2. The fraction of sp³-hybridized carbons (Fsp3) is 0.296. The van der Waals surface area contributed by atoms with Crippen molar-refractivity contribution in [3.8, 4) is 5.75 Å². The van der Waals surface area contributed by atoms with Crippen molar-refractivity contribution >= 4 is 45.4 Å². The Bertz CT molecular complexity index is 1450. The number of nitrogens with one attached hydrogen (secondary N) is 3. The first kappa shape index (κ1) is 31.4. The van der Waals surface area contributed by atoms with Crippen LogP contribution in [0.3, 0.4) is 0 Å². The number of carbonyl (C=O) groups excluding carboxylic acids is 2. The molecule has 0 spiro atoms. The van der Waals surface area contributed by atoms with E-state index in [9.17, 15) is 22.8 Å². The number of hydrazine groups is 1. The maximum Gasteiger partial charge on any atom is 0.420 e. The molecule has 0 aliphatic heterocycles. The number of aromatic nitrogens is 1. The lowest BCUT2D eigenvalue weighted by molar-refractivity contribution is -0.138. The number of aryl methyl sites for hydroxylation is 1. The summed E-state index contributed by atoms with van der Waals surface area (Å²) in [5, 5.41) is 9.80. The van der Waals surface area contributed by atoms with E-state index in [1.54, 1.807) is 13.0 Å². The van der Waals surface area contributed by atoms with Gasteiger partial charge in [0.25, 0.3) is 5.91 Å². The molecular formula is C27H32F3N7O3S. The third kappa shape index (κ3) is 8.19. The minimum atomic E-state index is -4.71. The van der Waals surface area contributed by atoms with Crippen molar-refractivity contribution in [3.63, 3.8) is 0 Å². The van der Waals surface area contributed by atoms with Gasteiger partial charge in [0.15, 0.2) is 5.13 Å². The number of alkyl halides is 3. The highest BCUT2D eigenvalue weighted by Crippen LogP contribution is 2.40. The van der Waals surface area contributed by atoms with Gasteiger partial charge in [-0.3, -0.25) is 14.6 Å². The van der Waals surface area contributed by atoms with Crippen molar-refractivity contribution < 1.29 is 27.5 Å². The van der Waals surface area contributed by atoms with E-state index < -0.39 is 17.6 Å². The average molecular weight is 592 g/mol. The number of nitrogens with zero attached hydrogens (tertiary/aromatic N) is 2. The summed E-state index contributed by atoms with van der Waals surface area (Å²) in [6.45, 7) is 6.96. The fourth-order valence-electron chi connectivity index (χ4n) is 3.79. The molecule has 0 unspecified atom stereocenters. The molecular weight excluding hydrogens is 559 g/mol. The van der Waals surface area contributed by atoms with E-state index in [0.717, 1.165) is 17.4 Å². The van der Waals surface area contributed by atoms with Gasteiger partial charge in [-0.25, -0.2) is 10.8 Å². The van der Waals surface area contributed by atoms with Crippen LogP contribution in [0.25, 0.3) is 5.70 Å². The Hall–Kier alpha value is -4.14. The largest absolute Gasteiger partial charge is 0.496 e. The first-order chi connectivity index (χ1) is 19.2. The topological polar surface area (TPSA) is 148 Å². The van der Waals surface area contributed by atoms with E-state index in [0.29, 0.717) is 21.3 Å². The van der Waals surface area contributed by atoms with Crippen molar-refractivity contribution in [2.75, 3.05) is 22.8 Å². The summed E-state index contributed by atoms with van der Waals surface area (Å²) in [5.41, 5.74) is 6.93. The molecule has 2 amide bonds. The normalized spacial score (nSPS) is 11.9. The number of amides is 2. The van der Waals surface area contributed by atoms with Gasteiger partial charge < -0.3 is 26.4 Å². The highest BCUT2D eigenvalue weighted by molar-refractivity contribution is 7.16. The minimum Gasteiger partial charge on any atom is -0.496 e. The van der Waals surface area contributed by atoms with E-state index in [4.69, 9.17) is 16.3 Å². The Labute approximate surface area is 239 Å². The molecule has 1 aromatic heterocycles. The van der Waals surface area contributed by atoms with Crippen LogP contribution in [0.4, 0.5) is 29.7 Å². The van der Waals surface area contributed by atoms with Gasteiger partial charge in [-0.15, -0.1) is 0 Å². The number of methoxy groups -OCH3 is 1. The highest BCUT2D eigenvalue weighted by atomic mass is 32.1. The van der Waals surface area contributed by atoms with Crippen molar-refractivity contribution in [1.82, 2.24) is 10.3 Å². The lowest BCUT2D eigenvalue weighted by Gasteiger charge is -2.20. The van der Waals surface area contributed by atoms with E-state index >= 15 is 0 Å². The molecule has 2 aromatic carbocycles. The number of nitrogens with two attached hydrogens (primary N) is 2. The van der Waals surface area contributed by atoms with E-state index in [1.165, 1.54) is 49.6 Å². The summed E-state index contributed by atoms with van der Waals surface area (Å²) < 4.78 is 46.7. The molecule has 0 aliphatic rings. The summed E-state index contributed by atoms with van der Waals surface area (Å²) >= 11 is 1.16. The fourth-order valence-corrected chi connectivity index (χ4v) is 4.57. The summed E-state index contributed by atoms with van der Waals surface area (Å²) in [5.74, 6) is 5.01. The zero-order valence-electron chi connectivity index (χ0n) is 23.1. The molecule has 0 aliphatic carbocycles. The zero-order chi connectivity index (χ0) is 30.5. The van der Waals surface area contributed by atoms with E-state index in [1.807, 2.05) is 13.8 Å². The summed E-state index contributed by atoms with van der Waals surface area (Å²) in [4.78, 5) is 29.0. The molecule has 7 N–H and O–H groups in total. The predicted molar refractivity (Wildman–Crippen MR) is 154 cm³/mol. The number of hydrogen-bond donors (Lipinski definition) is 5. The molecule has 41 heavy (non-hydrogen) atoms. The van der Waals surface area contributed by atoms with Gasteiger partial charge in [0.05, 0.1) is 28.9 Å². The molecule has 1 heterocycles. The molecule has 0 fully saturated rings. The zero-order valence-corrected chi connectivity index (χ0v) is 24.0. The van der Waals surface area contributed by atoms with Crippen molar-refractivity contribution in [3.05, 3.63) is 69.9 Å². The van der Waals surface area contributed by atoms with Gasteiger partial charge in [-0.2, -0.15) is 13.2 Å². The number of ether oxygens (including phenoxy) is 1. The number of halogens is 3. The number of benzene rings is 2. The Morgan fingerprint density at radius 3 is 2.51 bits per heavy atom. The second kappa shape index (κ2) is 13.0. The summed E-state index contributed by atoms with van der Waals surface area (Å²) in [6.07, 6.45) is -1.79. The predicted octanol–water partition coefficient (Wildman–Crippen LogP) is 4.83. The molecule has 0 saturated carbocycles. The van der Waals surface area contributed by atoms with Gasteiger partial charge in [-0.1, -0.05) is 31.3 Å². The first-order valence-electron chi connectivity index (χ1n) is 12.4. The highest BCUT2D eigenvalue weighted by Gasteiger charge is 2.36. The smallest absolute Gasteiger partial charge is 0.420 e. The van der Waals surface area contributed by atoms with Crippen molar-refractivity contribution in [2.24, 2.45) is 11.6 Å². The number of hydrogen-bond acceptors (Lipinski definition) is 9. The van der Waals surface area contributed by atoms with Gasteiger partial charge in [0, 0.05) is 48.7 Å². The maximum absolute atomic E-state index is 13.9. The monoisotopic (exact) mass is 591 g/mol. The van der Waals surface area contributed by atoms with E-state index in [2.05, 4.69) is 20.9 Å². The van der Waals surface area contributed by atoms with Crippen LogP contribution in [-0.2, 0) is 17.5 Å². The van der Waals surface area contributed by atoms with Crippen LogP contribution in [0.2, 0.25) is 0 Å². The third-order valence-electron chi connectivity index (χ3n) is 5.73. The van der Waals surface area contributed by atoms with Crippen molar-refractivity contribution in [2.45, 2.75) is 46.5 Å². The number of rotatable bonds is 10. The second-order valence-electron chi connectivity index (χ2n) is 9.41. The molecule has 0 atom stereocenters. The molecule has 220 valence electrons. The van der Waals surface area contributed by atoms with Crippen LogP contribution >= 0.6 is 11.3 Å². The Kier molecular flexibility index (Phi) is 9.97. The number of anilines is 3. The Morgan fingerprint density at radius 1 is 1.20 bits per heavy atom. The summed E-state index contributed by atoms with van der Waals surface area (Å²) in [7, 11) is 1.17. The van der Waals surface area contributed by atoms with Crippen molar-refractivity contribution in [1.29, 1.82) is 0 Å². The minimum absolute atomic E-state index is 0.0101. The van der Waals surface area contributed by atoms with Crippen LogP contribution in [0.15, 0.2) is 42.7 Å². The van der Waals surface area contributed by atoms with Gasteiger partial charge in [-0.05, 0) is 36.8 Å². The molecule has 14 heteroatoms. The van der Waals surface area contributed by atoms with Crippen LogP contribution in [0.1, 0.15) is 52.7 Å². The molecule has 0 saturated heterocycles. The standard InChI is InChI=1S/C27H32F3N7O3S/c1-14(2)33-11-18-8-19(10-20(24(18)40-5)27(28,29)30)36-25(39)17-7-6-15(3)22(9-17)37(32)13-21(31)23-12-34-26(41-23)35-16(4)38/h6-10,12-14,33H,11,31-32H2,1-5H3,(H,36,39)(H,34,35,38)/b21-13-. The Morgan fingerprint density at radius 2 is 1.90 bits per heavy atom. The van der Waals surface area contributed by atoms with Crippen LogP contribution in [-0.4, -0.2) is 29.9 Å². The van der Waals surface area contributed by atoms with E-state index in [-0.39, 0.29) is 46.8 Å². The molecule has 3 rings (SSSR count). The Balaban J connectivity index is 1.89. The third-order valence-corrected chi connectivity index (χ3v) is 6.70. The summed E-state index contributed by atoms with van der Waals surface area (Å²) in [6, 6.07) is 6.98. The van der Waals surface area contributed by atoms with Gasteiger partial charge >= 0.3 is 6.18 Å². The molecule has 0 bridgehead atoms. The second-order valence-corrected chi connectivity index (χ2v) is 10.4. The maximum atomic E-state index is 13.9. The van der Waals surface area contributed by atoms with Gasteiger partial charge in [0.2, 0.25) is 5.91 Å². The first-order valence-corrected chi connectivity index (χ1v) is 13.2. The lowest BCUT2D eigenvalue weighted by atomic mass is 10.0. The molecule has 0 radical (unpaired) electrons. The van der Waals surface area contributed by atoms with Crippen LogP contribution in [0.5, 0.6) is 5.75 Å². The molecule has 10 nitrogen and oxygen atoms in total. The quantitative estimate of drug-likeness (QED) is 0.166. The SMILES string of the molecule is COc1c(CNC(C)C)cc(NC(=O)c2ccc(C)c(N(N)/C=C(\N)c3cnc(NC(C)=O)s3)c2)cc1C(F)(F)F. The number of thiazole rings is 1. The van der Waals surface area contributed by atoms with Gasteiger partial charge in [0.1, 0.15) is 5.75 Å². The lowest BCUT2D eigenvalue weighted by Crippen LogP contribution is -2.27. The average Bonchev–Trinajstić information content (AvgIpc) is 3.34. The molecule has 3 aromatic rings. The van der Waals surface area contributed by atoms with Crippen LogP contribution < -0.4 is 37.3 Å². The van der Waals surface area contributed by atoms with Crippen LogP contribution in [0, 0.1) is 6.92 Å².